The maximum absolute atomic E-state index is 12.5. The van der Waals surface area contributed by atoms with E-state index < -0.39 is 0 Å². The summed E-state index contributed by atoms with van der Waals surface area (Å²) in [5.41, 5.74) is 0.972. The Hall–Kier alpha value is -1.63. The van der Waals surface area contributed by atoms with Crippen LogP contribution < -0.4 is 0 Å². The molecule has 2 saturated heterocycles. The maximum atomic E-state index is 12.5. The molecule has 3 rings (SSSR count). The molecular formula is C20H28BNO4. The number of hydrogen-bond acceptors (Lipinski definition) is 4. The molecule has 2 fully saturated rings. The summed E-state index contributed by atoms with van der Waals surface area (Å²) in [5.74, 6) is 1.93. The molecule has 0 spiro atoms. The van der Waals surface area contributed by atoms with Crippen LogP contribution in [-0.4, -0.2) is 53.4 Å². The molecule has 2 heterocycles. The van der Waals surface area contributed by atoms with Crippen LogP contribution in [-0.2, 0) is 9.31 Å². The van der Waals surface area contributed by atoms with Gasteiger partial charge in [-0.15, -0.1) is 0 Å². The lowest BCUT2D eigenvalue weighted by atomic mass is 9.89. The normalized spacial score (nSPS) is 23.0. The zero-order valence-corrected chi connectivity index (χ0v) is 16.1. The number of amides is 1. The molecule has 0 saturated carbocycles. The van der Waals surface area contributed by atoms with Gasteiger partial charge in [-0.2, -0.15) is 0 Å². The number of hydrogen-bond donors (Lipinski definition) is 1. The molecule has 6 heteroatoms. The van der Waals surface area contributed by atoms with Crippen LogP contribution in [0, 0.1) is 0 Å². The van der Waals surface area contributed by atoms with Crippen LogP contribution >= 0.6 is 0 Å². The third-order valence-electron chi connectivity index (χ3n) is 5.63. The van der Waals surface area contributed by atoms with Crippen molar-refractivity contribution in [2.45, 2.75) is 57.8 Å². The van der Waals surface area contributed by atoms with E-state index in [1.165, 1.54) is 0 Å². The number of aliphatic hydroxyl groups excluding tert-OH is 1. The molecule has 0 unspecified atom stereocenters. The summed E-state index contributed by atoms with van der Waals surface area (Å²) >= 11 is 0. The van der Waals surface area contributed by atoms with Crippen molar-refractivity contribution in [1.29, 1.82) is 0 Å². The lowest BCUT2D eigenvalue weighted by Crippen LogP contribution is -2.41. The van der Waals surface area contributed by atoms with Gasteiger partial charge in [-0.25, -0.2) is 0 Å². The van der Waals surface area contributed by atoms with E-state index in [0.717, 1.165) is 5.56 Å². The number of carbonyl (C=O) groups excluding carboxylic acids is 1. The van der Waals surface area contributed by atoms with E-state index in [1.807, 2.05) is 68.9 Å². The number of benzene rings is 1. The van der Waals surface area contributed by atoms with Crippen molar-refractivity contribution < 1.29 is 19.2 Å². The van der Waals surface area contributed by atoms with Crippen LogP contribution in [0.4, 0.5) is 0 Å². The fourth-order valence-corrected chi connectivity index (χ4v) is 3.15. The maximum Gasteiger partial charge on any atom is 0.487 e. The SMILES string of the molecule is CC1(C)OB(C=Cc2ccc(C(=O)N3CCC(O)CC3)cc2)OC1(C)C. The van der Waals surface area contributed by atoms with Gasteiger partial charge in [0.25, 0.3) is 5.91 Å². The van der Waals surface area contributed by atoms with Crippen molar-refractivity contribution in [3.63, 3.8) is 0 Å². The topological polar surface area (TPSA) is 59.0 Å². The van der Waals surface area contributed by atoms with Gasteiger partial charge in [-0.3, -0.25) is 4.79 Å². The molecule has 0 aromatic heterocycles. The fourth-order valence-electron chi connectivity index (χ4n) is 3.15. The molecule has 140 valence electrons. The molecule has 26 heavy (non-hydrogen) atoms. The smallest absolute Gasteiger partial charge is 0.400 e. The Kier molecular flexibility index (Phi) is 5.29. The van der Waals surface area contributed by atoms with Crippen molar-refractivity contribution in [2.24, 2.45) is 0 Å². The summed E-state index contributed by atoms with van der Waals surface area (Å²) in [6, 6.07) is 7.54. The van der Waals surface area contributed by atoms with Gasteiger partial charge in [0.1, 0.15) is 0 Å². The largest absolute Gasteiger partial charge is 0.487 e. The standard InChI is InChI=1S/C20H28BNO4/c1-19(2)20(3,4)26-21(25-19)12-9-15-5-7-16(8-6-15)18(24)22-13-10-17(23)11-14-22/h5-9,12,17,23H,10-11,13-14H2,1-4H3. The fraction of sp³-hybridized carbons (Fsp3) is 0.550. The van der Waals surface area contributed by atoms with Crippen molar-refractivity contribution in [2.75, 3.05) is 13.1 Å². The Morgan fingerprint density at radius 1 is 1.12 bits per heavy atom. The van der Waals surface area contributed by atoms with Gasteiger partial charge in [0, 0.05) is 18.7 Å². The van der Waals surface area contributed by atoms with Crippen molar-refractivity contribution in [3.8, 4) is 0 Å². The van der Waals surface area contributed by atoms with Crippen LogP contribution in [0.3, 0.4) is 0 Å². The second-order valence-electron chi connectivity index (χ2n) is 8.13. The number of piperidine rings is 1. The number of nitrogens with zero attached hydrogens (tertiary/aromatic N) is 1. The third-order valence-corrected chi connectivity index (χ3v) is 5.63. The highest BCUT2D eigenvalue weighted by atomic mass is 16.7. The highest BCUT2D eigenvalue weighted by molar-refractivity contribution is 6.52. The lowest BCUT2D eigenvalue weighted by Gasteiger charge is -2.32. The van der Waals surface area contributed by atoms with Crippen LogP contribution in [0.25, 0.3) is 6.08 Å². The molecular weight excluding hydrogens is 329 g/mol. The zero-order chi connectivity index (χ0) is 18.9. The Morgan fingerprint density at radius 2 is 1.65 bits per heavy atom. The third kappa shape index (κ3) is 4.03. The molecule has 1 N–H and O–H groups in total. The number of likely N-dealkylation sites (tertiary alicyclic amines) is 1. The highest BCUT2D eigenvalue weighted by Gasteiger charge is 2.49. The minimum Gasteiger partial charge on any atom is -0.400 e. The van der Waals surface area contributed by atoms with Gasteiger partial charge in [0.2, 0.25) is 0 Å². The summed E-state index contributed by atoms with van der Waals surface area (Å²) in [6.45, 7) is 9.34. The first-order valence-corrected chi connectivity index (χ1v) is 9.29. The first-order valence-electron chi connectivity index (χ1n) is 9.29. The zero-order valence-electron chi connectivity index (χ0n) is 16.1. The Bertz CT molecular complexity index is 660. The predicted octanol–water partition coefficient (Wildman–Crippen LogP) is 2.93. The second-order valence-corrected chi connectivity index (χ2v) is 8.13. The van der Waals surface area contributed by atoms with E-state index in [0.29, 0.717) is 31.5 Å². The van der Waals surface area contributed by atoms with Crippen molar-refractivity contribution >= 4 is 19.1 Å². The predicted molar refractivity (Wildman–Crippen MR) is 103 cm³/mol. The molecule has 1 aromatic rings. The molecule has 0 atom stereocenters. The van der Waals surface area contributed by atoms with E-state index in [-0.39, 0.29) is 30.3 Å². The second kappa shape index (κ2) is 7.18. The molecule has 5 nitrogen and oxygen atoms in total. The molecule has 0 bridgehead atoms. The van der Waals surface area contributed by atoms with E-state index in [2.05, 4.69) is 0 Å². The van der Waals surface area contributed by atoms with Crippen LogP contribution in [0.1, 0.15) is 56.5 Å². The van der Waals surface area contributed by atoms with Crippen molar-refractivity contribution in [3.05, 3.63) is 41.4 Å². The molecule has 0 radical (unpaired) electrons. The quantitative estimate of drug-likeness (QED) is 0.845. The van der Waals surface area contributed by atoms with E-state index in [4.69, 9.17) is 9.31 Å². The monoisotopic (exact) mass is 357 g/mol. The number of carbonyl (C=O) groups is 1. The van der Waals surface area contributed by atoms with Gasteiger partial charge in [-0.05, 0) is 58.2 Å². The van der Waals surface area contributed by atoms with Gasteiger partial charge < -0.3 is 19.3 Å². The Morgan fingerprint density at radius 3 is 2.19 bits per heavy atom. The summed E-state index contributed by atoms with van der Waals surface area (Å²) in [6.07, 6.45) is 2.98. The molecule has 0 aliphatic carbocycles. The molecule has 1 amide bonds. The first kappa shape index (κ1) is 19.1. The molecule has 2 aliphatic heterocycles. The summed E-state index contributed by atoms with van der Waals surface area (Å²) in [5, 5.41) is 9.56. The van der Waals surface area contributed by atoms with Gasteiger partial charge in [-0.1, -0.05) is 24.2 Å². The Labute approximate surface area is 156 Å². The molecule has 2 aliphatic rings. The lowest BCUT2D eigenvalue weighted by molar-refractivity contribution is 0.00578. The minimum absolute atomic E-state index is 0.0263. The number of aliphatic hydroxyl groups is 1. The average molecular weight is 357 g/mol. The average Bonchev–Trinajstić information content (AvgIpc) is 2.80. The van der Waals surface area contributed by atoms with Crippen molar-refractivity contribution in [1.82, 2.24) is 4.90 Å². The van der Waals surface area contributed by atoms with Gasteiger partial charge in [0.05, 0.1) is 17.3 Å². The summed E-state index contributed by atoms with van der Waals surface area (Å²) in [4.78, 5) is 14.3. The van der Waals surface area contributed by atoms with Crippen LogP contribution in [0.5, 0.6) is 0 Å². The van der Waals surface area contributed by atoms with Gasteiger partial charge >= 0.3 is 7.12 Å². The summed E-state index contributed by atoms with van der Waals surface area (Å²) in [7, 11) is -0.374. The highest BCUT2D eigenvalue weighted by Crippen LogP contribution is 2.37. The summed E-state index contributed by atoms with van der Waals surface area (Å²) < 4.78 is 11.9. The first-order chi connectivity index (χ1) is 12.2. The van der Waals surface area contributed by atoms with Crippen LogP contribution in [0.15, 0.2) is 30.2 Å². The van der Waals surface area contributed by atoms with Gasteiger partial charge in [0.15, 0.2) is 0 Å². The Balaban J connectivity index is 1.61. The minimum atomic E-state index is -0.374. The number of rotatable bonds is 3. The van der Waals surface area contributed by atoms with E-state index in [1.54, 1.807) is 0 Å². The van der Waals surface area contributed by atoms with Crippen LogP contribution in [0.2, 0.25) is 0 Å². The molecule has 1 aromatic carbocycles. The van der Waals surface area contributed by atoms with E-state index >= 15 is 0 Å². The van der Waals surface area contributed by atoms with E-state index in [9.17, 15) is 9.90 Å².